The molecular formula is C10H10N2O2S. The molecule has 0 saturated heterocycles. The average molecular weight is 222 g/mol. The van der Waals surface area contributed by atoms with E-state index in [-0.39, 0.29) is 11.2 Å². The van der Waals surface area contributed by atoms with E-state index in [0.29, 0.717) is 5.16 Å². The van der Waals surface area contributed by atoms with E-state index in [1.165, 1.54) is 18.0 Å². The minimum atomic E-state index is -0.314. The van der Waals surface area contributed by atoms with Gasteiger partial charge in [0.15, 0.2) is 5.16 Å². The second kappa shape index (κ2) is 4.02. The summed E-state index contributed by atoms with van der Waals surface area (Å²) >= 11 is 1.30. The molecule has 4 nitrogen and oxygen atoms in total. The summed E-state index contributed by atoms with van der Waals surface area (Å²) < 4.78 is 4.70. The number of aromatic nitrogens is 2. The van der Waals surface area contributed by atoms with E-state index >= 15 is 0 Å². The van der Waals surface area contributed by atoms with Gasteiger partial charge in [0.1, 0.15) is 5.25 Å². The summed E-state index contributed by atoms with van der Waals surface area (Å²) in [5.74, 6) is -0.261. The lowest BCUT2D eigenvalue weighted by Crippen LogP contribution is -2.11. The number of ether oxygens (including phenoxy) is 1. The van der Waals surface area contributed by atoms with E-state index in [1.807, 2.05) is 19.9 Å². The number of carbonyl (C=O) groups is 1. The largest absolute Gasteiger partial charge is 0.434 e. The van der Waals surface area contributed by atoms with Crippen LogP contribution in [0, 0.1) is 13.8 Å². The Balaban J connectivity index is 2.17. The van der Waals surface area contributed by atoms with Crippen LogP contribution in [-0.4, -0.2) is 21.2 Å². The number of thioether (sulfide) groups is 1. The van der Waals surface area contributed by atoms with Crippen molar-refractivity contribution in [3.8, 4) is 0 Å². The van der Waals surface area contributed by atoms with Crippen LogP contribution in [0.3, 0.4) is 0 Å². The smallest absolute Gasteiger partial charge is 0.328 e. The highest BCUT2D eigenvalue weighted by Crippen LogP contribution is 2.25. The fourth-order valence-electron chi connectivity index (χ4n) is 1.27. The lowest BCUT2D eigenvalue weighted by molar-refractivity contribution is -0.134. The normalized spacial score (nSPS) is 19.3. The van der Waals surface area contributed by atoms with Crippen LogP contribution >= 0.6 is 11.8 Å². The SMILES string of the molecule is Cc1cc(C)nc(SC2C=COC2=O)n1. The van der Waals surface area contributed by atoms with Gasteiger partial charge in [-0.1, -0.05) is 11.8 Å². The lowest BCUT2D eigenvalue weighted by atomic mass is 10.4. The van der Waals surface area contributed by atoms with E-state index in [0.717, 1.165) is 11.4 Å². The third kappa shape index (κ3) is 2.36. The summed E-state index contributed by atoms with van der Waals surface area (Å²) in [6.07, 6.45) is 3.11. The predicted octanol–water partition coefficient (Wildman–Crippen LogP) is 1.62. The van der Waals surface area contributed by atoms with Gasteiger partial charge < -0.3 is 4.74 Å². The molecule has 0 saturated carbocycles. The van der Waals surface area contributed by atoms with Gasteiger partial charge in [0.25, 0.3) is 0 Å². The molecule has 0 fully saturated rings. The number of aryl methyl sites for hydroxylation is 2. The van der Waals surface area contributed by atoms with Crippen LogP contribution in [0.5, 0.6) is 0 Å². The van der Waals surface area contributed by atoms with Gasteiger partial charge in [-0.15, -0.1) is 0 Å². The molecule has 15 heavy (non-hydrogen) atoms. The molecular weight excluding hydrogens is 212 g/mol. The number of hydrogen-bond acceptors (Lipinski definition) is 5. The van der Waals surface area contributed by atoms with Gasteiger partial charge in [-0.2, -0.15) is 0 Å². The molecule has 0 amide bonds. The van der Waals surface area contributed by atoms with Crippen molar-refractivity contribution in [3.63, 3.8) is 0 Å². The summed E-state index contributed by atoms with van der Waals surface area (Å²) in [5, 5.41) is 0.298. The van der Waals surface area contributed by atoms with Crippen LogP contribution in [0.2, 0.25) is 0 Å². The van der Waals surface area contributed by atoms with Gasteiger partial charge in [-0.05, 0) is 26.0 Å². The van der Waals surface area contributed by atoms with E-state index in [4.69, 9.17) is 4.74 Å². The summed E-state index contributed by atoms with van der Waals surface area (Å²) in [6.45, 7) is 3.81. The number of carbonyl (C=O) groups excluding carboxylic acids is 1. The molecule has 5 heteroatoms. The Bertz CT molecular complexity index is 411. The van der Waals surface area contributed by atoms with Crippen molar-refractivity contribution in [1.29, 1.82) is 0 Å². The third-order valence-corrected chi connectivity index (χ3v) is 2.86. The minimum Gasteiger partial charge on any atom is -0.434 e. The second-order valence-electron chi connectivity index (χ2n) is 3.24. The van der Waals surface area contributed by atoms with E-state index in [2.05, 4.69) is 9.97 Å². The Labute approximate surface area is 91.8 Å². The number of hydrogen-bond donors (Lipinski definition) is 0. The molecule has 1 aliphatic heterocycles. The molecule has 1 aliphatic rings. The van der Waals surface area contributed by atoms with Crippen molar-refractivity contribution in [1.82, 2.24) is 9.97 Å². The van der Waals surface area contributed by atoms with Crippen molar-refractivity contribution in [2.75, 3.05) is 0 Å². The van der Waals surface area contributed by atoms with Crippen molar-refractivity contribution < 1.29 is 9.53 Å². The summed E-state index contributed by atoms with van der Waals surface area (Å²) in [5.41, 5.74) is 1.81. The Morgan fingerprint density at radius 3 is 2.53 bits per heavy atom. The Hall–Kier alpha value is -1.36. The molecule has 78 valence electrons. The molecule has 1 atom stereocenters. The summed E-state index contributed by atoms with van der Waals surface area (Å²) in [4.78, 5) is 19.7. The second-order valence-corrected chi connectivity index (χ2v) is 4.35. The molecule has 0 radical (unpaired) electrons. The zero-order valence-corrected chi connectivity index (χ0v) is 9.25. The quantitative estimate of drug-likeness (QED) is 0.562. The Morgan fingerprint density at radius 2 is 2.00 bits per heavy atom. The molecule has 1 aromatic rings. The number of rotatable bonds is 2. The molecule has 0 bridgehead atoms. The first-order valence-corrected chi connectivity index (χ1v) is 5.39. The van der Waals surface area contributed by atoms with Gasteiger partial charge in [0, 0.05) is 11.4 Å². The van der Waals surface area contributed by atoms with Crippen molar-refractivity contribution >= 4 is 17.7 Å². The van der Waals surface area contributed by atoms with Crippen molar-refractivity contribution in [3.05, 3.63) is 29.8 Å². The van der Waals surface area contributed by atoms with Gasteiger partial charge in [-0.3, -0.25) is 4.79 Å². The fraction of sp³-hybridized carbons (Fsp3) is 0.300. The molecule has 2 rings (SSSR count). The molecule has 0 aromatic carbocycles. The van der Waals surface area contributed by atoms with Crippen LogP contribution in [0.4, 0.5) is 0 Å². The lowest BCUT2D eigenvalue weighted by Gasteiger charge is -2.04. The Morgan fingerprint density at radius 1 is 1.33 bits per heavy atom. The highest BCUT2D eigenvalue weighted by atomic mass is 32.2. The minimum absolute atomic E-state index is 0.261. The van der Waals surface area contributed by atoms with Gasteiger partial charge in [-0.25, -0.2) is 9.97 Å². The maximum absolute atomic E-state index is 11.2. The van der Waals surface area contributed by atoms with Crippen LogP contribution in [0.15, 0.2) is 23.6 Å². The van der Waals surface area contributed by atoms with Crippen LogP contribution < -0.4 is 0 Å². The predicted molar refractivity (Wildman–Crippen MR) is 56.4 cm³/mol. The van der Waals surface area contributed by atoms with E-state index < -0.39 is 0 Å². The van der Waals surface area contributed by atoms with Crippen LogP contribution in [0.25, 0.3) is 0 Å². The van der Waals surface area contributed by atoms with Gasteiger partial charge in [0.2, 0.25) is 0 Å². The highest BCUT2D eigenvalue weighted by molar-refractivity contribution is 8.00. The zero-order chi connectivity index (χ0) is 10.8. The van der Waals surface area contributed by atoms with Crippen LogP contribution in [-0.2, 0) is 9.53 Å². The first-order chi connectivity index (χ1) is 7.15. The topological polar surface area (TPSA) is 52.1 Å². The third-order valence-electron chi connectivity index (χ3n) is 1.86. The Kier molecular flexibility index (Phi) is 2.73. The van der Waals surface area contributed by atoms with Gasteiger partial charge in [0.05, 0.1) is 6.26 Å². The molecule has 2 heterocycles. The highest BCUT2D eigenvalue weighted by Gasteiger charge is 2.24. The maximum atomic E-state index is 11.2. The fourth-order valence-corrected chi connectivity index (χ4v) is 2.19. The standard InChI is InChI=1S/C10H10N2O2S/c1-6-5-7(2)12-10(11-6)15-8-3-4-14-9(8)13/h3-5,8H,1-2H3. The zero-order valence-electron chi connectivity index (χ0n) is 8.43. The molecule has 0 spiro atoms. The number of esters is 1. The van der Waals surface area contributed by atoms with Crippen molar-refractivity contribution in [2.45, 2.75) is 24.3 Å². The summed E-state index contributed by atoms with van der Waals surface area (Å²) in [7, 11) is 0. The first kappa shape index (κ1) is 10.2. The van der Waals surface area contributed by atoms with Crippen LogP contribution in [0.1, 0.15) is 11.4 Å². The van der Waals surface area contributed by atoms with E-state index in [1.54, 1.807) is 6.08 Å². The van der Waals surface area contributed by atoms with Gasteiger partial charge >= 0.3 is 5.97 Å². The monoisotopic (exact) mass is 222 g/mol. The maximum Gasteiger partial charge on any atom is 0.328 e. The molecule has 0 N–H and O–H groups in total. The van der Waals surface area contributed by atoms with E-state index in [9.17, 15) is 4.79 Å². The summed E-state index contributed by atoms with van der Waals surface area (Å²) in [6, 6.07) is 1.90. The average Bonchev–Trinajstić information content (AvgIpc) is 2.50. The number of nitrogens with zero attached hydrogens (tertiary/aromatic N) is 2. The number of cyclic esters (lactones) is 1. The molecule has 1 aromatic heterocycles. The molecule has 0 aliphatic carbocycles. The van der Waals surface area contributed by atoms with Crippen molar-refractivity contribution in [2.24, 2.45) is 0 Å². The molecule has 1 unspecified atom stereocenters. The first-order valence-electron chi connectivity index (χ1n) is 4.51.